The van der Waals surface area contributed by atoms with Gasteiger partial charge in [-0.3, -0.25) is 4.79 Å². The molecule has 114 valence electrons. The standard InChI is InChI=1S/C18H16N4O/c1-12-20-16(13-6-3-2-4-7-13)11-17(21-12)22-15-9-5-8-14(10-15)18(19)23/h2-11H,1H3,(H2,19,23)(H,20,21,22). The lowest BCUT2D eigenvalue weighted by Crippen LogP contribution is -2.11. The highest BCUT2D eigenvalue weighted by atomic mass is 16.1. The highest BCUT2D eigenvalue weighted by Crippen LogP contribution is 2.22. The van der Waals surface area contributed by atoms with Gasteiger partial charge >= 0.3 is 0 Å². The van der Waals surface area contributed by atoms with Crippen LogP contribution in [0, 0.1) is 6.92 Å². The summed E-state index contributed by atoms with van der Waals surface area (Å²) in [5.74, 6) is 0.871. The van der Waals surface area contributed by atoms with E-state index in [9.17, 15) is 4.79 Å². The van der Waals surface area contributed by atoms with Crippen molar-refractivity contribution in [3.8, 4) is 11.3 Å². The van der Waals surface area contributed by atoms with E-state index >= 15 is 0 Å². The number of hydrogen-bond donors (Lipinski definition) is 2. The average molecular weight is 304 g/mol. The van der Waals surface area contributed by atoms with E-state index in [4.69, 9.17) is 5.73 Å². The summed E-state index contributed by atoms with van der Waals surface area (Å²) in [7, 11) is 0. The van der Waals surface area contributed by atoms with Crippen LogP contribution in [0.2, 0.25) is 0 Å². The Labute approximate surface area is 134 Å². The predicted octanol–water partition coefficient (Wildman–Crippen LogP) is 3.29. The second-order valence-electron chi connectivity index (χ2n) is 5.12. The Balaban J connectivity index is 1.93. The van der Waals surface area contributed by atoms with Gasteiger partial charge in [-0.05, 0) is 25.1 Å². The van der Waals surface area contributed by atoms with Gasteiger partial charge in [-0.25, -0.2) is 9.97 Å². The van der Waals surface area contributed by atoms with E-state index < -0.39 is 5.91 Å². The van der Waals surface area contributed by atoms with Crippen LogP contribution in [-0.2, 0) is 0 Å². The predicted molar refractivity (Wildman–Crippen MR) is 90.4 cm³/mol. The van der Waals surface area contributed by atoms with E-state index in [1.54, 1.807) is 18.2 Å². The molecule has 5 heteroatoms. The SMILES string of the molecule is Cc1nc(Nc2cccc(C(N)=O)c2)cc(-c2ccccc2)n1. The molecule has 1 heterocycles. The number of nitrogens with zero attached hydrogens (tertiary/aromatic N) is 2. The Kier molecular flexibility index (Phi) is 4.01. The van der Waals surface area contributed by atoms with Crippen molar-refractivity contribution in [3.05, 3.63) is 72.1 Å². The number of primary amides is 1. The van der Waals surface area contributed by atoms with Crippen LogP contribution in [0.5, 0.6) is 0 Å². The summed E-state index contributed by atoms with van der Waals surface area (Å²) in [4.78, 5) is 20.1. The minimum absolute atomic E-state index is 0.448. The minimum atomic E-state index is -0.461. The molecular weight excluding hydrogens is 288 g/mol. The van der Waals surface area contributed by atoms with Crippen molar-refractivity contribution in [1.29, 1.82) is 0 Å². The number of rotatable bonds is 4. The second-order valence-corrected chi connectivity index (χ2v) is 5.12. The Morgan fingerprint density at radius 3 is 2.52 bits per heavy atom. The van der Waals surface area contributed by atoms with Crippen molar-refractivity contribution in [3.63, 3.8) is 0 Å². The molecule has 0 radical (unpaired) electrons. The first-order valence-electron chi connectivity index (χ1n) is 7.20. The normalized spacial score (nSPS) is 10.3. The van der Waals surface area contributed by atoms with Gasteiger partial charge in [0.25, 0.3) is 0 Å². The molecule has 23 heavy (non-hydrogen) atoms. The molecule has 0 bridgehead atoms. The lowest BCUT2D eigenvalue weighted by molar-refractivity contribution is 0.100. The van der Waals surface area contributed by atoms with Crippen molar-refractivity contribution in [2.45, 2.75) is 6.92 Å². The quantitative estimate of drug-likeness (QED) is 0.775. The Morgan fingerprint density at radius 1 is 1.00 bits per heavy atom. The van der Waals surface area contributed by atoms with Gasteiger partial charge in [-0.1, -0.05) is 36.4 Å². The molecule has 3 rings (SSSR count). The van der Waals surface area contributed by atoms with Gasteiger partial charge in [0.2, 0.25) is 5.91 Å². The van der Waals surface area contributed by atoms with Crippen LogP contribution in [-0.4, -0.2) is 15.9 Å². The van der Waals surface area contributed by atoms with E-state index in [0.717, 1.165) is 16.9 Å². The van der Waals surface area contributed by atoms with Gasteiger partial charge < -0.3 is 11.1 Å². The van der Waals surface area contributed by atoms with Crippen LogP contribution in [0.4, 0.5) is 11.5 Å². The van der Waals surface area contributed by atoms with Crippen molar-refractivity contribution >= 4 is 17.4 Å². The van der Waals surface area contributed by atoms with E-state index in [-0.39, 0.29) is 0 Å². The fourth-order valence-corrected chi connectivity index (χ4v) is 2.29. The van der Waals surface area contributed by atoms with Crippen molar-refractivity contribution in [1.82, 2.24) is 9.97 Å². The molecule has 1 aromatic heterocycles. The summed E-state index contributed by atoms with van der Waals surface area (Å²) < 4.78 is 0. The third kappa shape index (κ3) is 3.52. The first kappa shape index (κ1) is 14.7. The number of hydrogen-bond acceptors (Lipinski definition) is 4. The smallest absolute Gasteiger partial charge is 0.248 e. The van der Waals surface area contributed by atoms with Crippen molar-refractivity contribution < 1.29 is 4.79 Å². The number of carbonyl (C=O) groups is 1. The molecule has 0 fully saturated rings. The van der Waals surface area contributed by atoms with E-state index in [0.29, 0.717) is 17.2 Å². The number of benzene rings is 2. The highest BCUT2D eigenvalue weighted by Gasteiger charge is 2.06. The first-order valence-corrected chi connectivity index (χ1v) is 7.20. The van der Waals surface area contributed by atoms with Gasteiger partial charge in [-0.15, -0.1) is 0 Å². The third-order valence-corrected chi connectivity index (χ3v) is 3.33. The summed E-state index contributed by atoms with van der Waals surface area (Å²) >= 11 is 0. The van der Waals surface area contributed by atoms with Gasteiger partial charge in [0.15, 0.2) is 0 Å². The number of nitrogens with one attached hydrogen (secondary N) is 1. The maximum atomic E-state index is 11.3. The Morgan fingerprint density at radius 2 is 1.78 bits per heavy atom. The summed E-state index contributed by atoms with van der Waals surface area (Å²) in [6, 6.07) is 18.8. The van der Waals surface area contributed by atoms with E-state index in [1.165, 1.54) is 0 Å². The molecule has 5 nitrogen and oxygen atoms in total. The Bertz CT molecular complexity index is 847. The largest absolute Gasteiger partial charge is 0.366 e. The van der Waals surface area contributed by atoms with Crippen LogP contribution in [0.25, 0.3) is 11.3 Å². The zero-order valence-corrected chi connectivity index (χ0v) is 12.7. The molecule has 3 N–H and O–H groups in total. The monoisotopic (exact) mass is 304 g/mol. The molecule has 0 unspecified atom stereocenters. The molecule has 0 spiro atoms. The van der Waals surface area contributed by atoms with Crippen LogP contribution < -0.4 is 11.1 Å². The lowest BCUT2D eigenvalue weighted by Gasteiger charge is -2.09. The van der Waals surface area contributed by atoms with Crippen molar-refractivity contribution in [2.75, 3.05) is 5.32 Å². The third-order valence-electron chi connectivity index (χ3n) is 3.33. The van der Waals surface area contributed by atoms with Crippen LogP contribution in [0.15, 0.2) is 60.7 Å². The molecule has 0 aliphatic carbocycles. The molecule has 0 aliphatic heterocycles. The fraction of sp³-hybridized carbons (Fsp3) is 0.0556. The van der Waals surface area contributed by atoms with Crippen molar-refractivity contribution in [2.24, 2.45) is 5.73 Å². The number of nitrogens with two attached hydrogens (primary N) is 1. The van der Waals surface area contributed by atoms with Gasteiger partial charge in [0.1, 0.15) is 11.6 Å². The number of aryl methyl sites for hydroxylation is 1. The number of anilines is 2. The van der Waals surface area contributed by atoms with E-state index in [2.05, 4.69) is 15.3 Å². The highest BCUT2D eigenvalue weighted by molar-refractivity contribution is 5.93. The Hall–Kier alpha value is -3.21. The maximum absolute atomic E-state index is 11.3. The molecule has 0 atom stereocenters. The molecule has 2 aromatic carbocycles. The van der Waals surface area contributed by atoms with E-state index in [1.807, 2.05) is 49.4 Å². The number of carbonyl (C=O) groups excluding carboxylic acids is 1. The zero-order chi connectivity index (χ0) is 16.2. The second kappa shape index (κ2) is 6.27. The van der Waals surface area contributed by atoms with Gasteiger partial charge in [0, 0.05) is 22.9 Å². The van der Waals surface area contributed by atoms with Crippen LogP contribution in [0.1, 0.15) is 16.2 Å². The molecule has 3 aromatic rings. The summed E-state index contributed by atoms with van der Waals surface area (Å²) in [6.45, 7) is 1.84. The van der Waals surface area contributed by atoms with Gasteiger partial charge in [-0.2, -0.15) is 0 Å². The zero-order valence-electron chi connectivity index (χ0n) is 12.7. The maximum Gasteiger partial charge on any atom is 0.248 e. The molecule has 1 amide bonds. The molecule has 0 saturated heterocycles. The molecule has 0 aliphatic rings. The first-order chi connectivity index (χ1) is 11.1. The fourth-order valence-electron chi connectivity index (χ4n) is 2.29. The van der Waals surface area contributed by atoms with Crippen LogP contribution in [0.3, 0.4) is 0 Å². The number of aromatic nitrogens is 2. The summed E-state index contributed by atoms with van der Waals surface area (Å²) in [6.07, 6.45) is 0. The van der Waals surface area contributed by atoms with Gasteiger partial charge in [0.05, 0.1) is 5.69 Å². The average Bonchev–Trinajstić information content (AvgIpc) is 2.55. The minimum Gasteiger partial charge on any atom is -0.366 e. The topological polar surface area (TPSA) is 80.9 Å². The summed E-state index contributed by atoms with van der Waals surface area (Å²) in [5.41, 5.74) is 8.36. The van der Waals surface area contributed by atoms with Crippen LogP contribution >= 0.6 is 0 Å². The lowest BCUT2D eigenvalue weighted by atomic mass is 10.1. The molecular formula is C18H16N4O. The molecule has 0 saturated carbocycles. The summed E-state index contributed by atoms with van der Waals surface area (Å²) in [5, 5.41) is 3.19. The number of amides is 1.